The molecule has 2 aromatic carbocycles. The monoisotopic (exact) mass is 414 g/mol. The van der Waals surface area contributed by atoms with E-state index in [0.29, 0.717) is 24.5 Å². The third kappa shape index (κ3) is 8.11. The number of amides is 1. The Hall–Kier alpha value is -2.60. The predicted octanol–water partition coefficient (Wildman–Crippen LogP) is 5.56. The van der Waals surface area contributed by atoms with Crippen molar-refractivity contribution in [2.24, 2.45) is 0 Å². The minimum absolute atomic E-state index is 0.224. The number of rotatable bonds is 11. The zero-order valence-corrected chi connectivity index (χ0v) is 18.0. The van der Waals surface area contributed by atoms with E-state index >= 15 is 0 Å². The van der Waals surface area contributed by atoms with Crippen molar-refractivity contribution in [3.63, 3.8) is 0 Å². The maximum Gasteiger partial charge on any atom is 0.257 e. The highest BCUT2D eigenvalue weighted by Gasteiger charge is 2.10. The molecule has 0 unspecified atom stereocenters. The summed E-state index contributed by atoms with van der Waals surface area (Å²) in [4.78, 5) is 12.4. The summed E-state index contributed by atoms with van der Waals surface area (Å²) in [5.74, 6) is 1.20. The van der Waals surface area contributed by atoms with Crippen molar-refractivity contribution < 1.29 is 14.3 Å². The van der Waals surface area contributed by atoms with Gasteiger partial charge in [0, 0.05) is 5.56 Å². The molecule has 0 spiro atoms. The van der Waals surface area contributed by atoms with Crippen LogP contribution in [0.4, 0.5) is 5.69 Å². The van der Waals surface area contributed by atoms with Gasteiger partial charge < -0.3 is 14.8 Å². The van der Waals surface area contributed by atoms with Crippen LogP contribution in [0.1, 0.15) is 56.3 Å². The summed E-state index contributed by atoms with van der Waals surface area (Å²) in [7, 11) is 0. The first-order chi connectivity index (χ1) is 14.1. The molecular weight excluding hydrogens is 384 g/mol. The van der Waals surface area contributed by atoms with Gasteiger partial charge in [0.25, 0.3) is 5.91 Å². The Labute approximate surface area is 178 Å². The van der Waals surface area contributed by atoms with Crippen molar-refractivity contribution in [2.75, 3.05) is 18.5 Å². The van der Waals surface area contributed by atoms with E-state index in [1.165, 1.54) is 0 Å². The number of para-hydroxylation sites is 2. The molecule has 2 N–H and O–H groups in total. The zero-order chi connectivity index (χ0) is 20.9. The van der Waals surface area contributed by atoms with Crippen LogP contribution in [0.3, 0.4) is 0 Å². The van der Waals surface area contributed by atoms with Gasteiger partial charge in [0.05, 0.1) is 18.9 Å². The van der Waals surface area contributed by atoms with Gasteiger partial charge in [-0.25, -0.2) is 0 Å². The molecule has 156 valence electrons. The molecule has 1 amide bonds. The summed E-state index contributed by atoms with van der Waals surface area (Å²) in [5.41, 5.74) is 1.24. The van der Waals surface area contributed by atoms with Crippen LogP contribution in [0.15, 0.2) is 48.5 Å². The van der Waals surface area contributed by atoms with Crippen molar-refractivity contribution in [2.45, 2.75) is 46.0 Å². The minimum Gasteiger partial charge on any atom is -0.494 e. The summed E-state index contributed by atoms with van der Waals surface area (Å²) in [6, 6.07) is 14.6. The summed E-state index contributed by atoms with van der Waals surface area (Å²) in [6.07, 6.45) is 5.38. The third-order valence-corrected chi connectivity index (χ3v) is 4.46. The Kier molecular flexibility index (Phi) is 10.00. The fourth-order valence-corrected chi connectivity index (χ4v) is 2.80. The van der Waals surface area contributed by atoms with E-state index in [1.54, 1.807) is 24.3 Å². The lowest BCUT2D eigenvalue weighted by atomic mass is 10.2. The Balaban J connectivity index is 1.87. The molecule has 0 radical (unpaired) electrons. The molecule has 0 saturated heterocycles. The molecule has 0 aliphatic carbocycles. The number of benzene rings is 2. The maximum atomic E-state index is 12.4. The van der Waals surface area contributed by atoms with Crippen LogP contribution < -0.4 is 20.1 Å². The van der Waals surface area contributed by atoms with Gasteiger partial charge in [0.1, 0.15) is 11.5 Å². The van der Waals surface area contributed by atoms with Crippen molar-refractivity contribution in [3.05, 3.63) is 54.1 Å². The molecule has 0 heterocycles. The minimum atomic E-state index is -0.274. The van der Waals surface area contributed by atoms with Gasteiger partial charge in [-0.1, -0.05) is 45.2 Å². The van der Waals surface area contributed by atoms with E-state index in [0.717, 1.165) is 43.5 Å². The number of carbonyl (C=O) groups excluding carboxylic acids is 1. The van der Waals surface area contributed by atoms with Gasteiger partial charge in [-0.15, -0.1) is 0 Å². The van der Waals surface area contributed by atoms with E-state index in [2.05, 4.69) is 24.5 Å². The van der Waals surface area contributed by atoms with E-state index in [1.807, 2.05) is 24.3 Å². The number of thiocarbonyl (C=S) groups is 1. The van der Waals surface area contributed by atoms with Crippen molar-refractivity contribution >= 4 is 28.9 Å². The van der Waals surface area contributed by atoms with Crippen LogP contribution in [-0.2, 0) is 0 Å². The number of hydrogen-bond donors (Lipinski definition) is 2. The van der Waals surface area contributed by atoms with Crippen LogP contribution in [0.5, 0.6) is 11.5 Å². The molecule has 0 aliphatic rings. The zero-order valence-electron chi connectivity index (χ0n) is 17.2. The lowest BCUT2D eigenvalue weighted by Crippen LogP contribution is -2.34. The van der Waals surface area contributed by atoms with Crippen LogP contribution in [-0.4, -0.2) is 24.2 Å². The second-order valence-electron chi connectivity index (χ2n) is 6.69. The number of hydrogen-bond acceptors (Lipinski definition) is 4. The first-order valence-electron chi connectivity index (χ1n) is 10.2. The summed E-state index contributed by atoms with van der Waals surface area (Å²) >= 11 is 5.29. The highest BCUT2D eigenvalue weighted by atomic mass is 32.1. The lowest BCUT2D eigenvalue weighted by molar-refractivity contribution is 0.0977. The van der Waals surface area contributed by atoms with E-state index in [9.17, 15) is 4.79 Å². The second-order valence-corrected chi connectivity index (χ2v) is 7.09. The van der Waals surface area contributed by atoms with Crippen LogP contribution in [0.2, 0.25) is 0 Å². The maximum absolute atomic E-state index is 12.4. The number of nitrogens with one attached hydrogen (secondary N) is 2. The lowest BCUT2D eigenvalue weighted by Gasteiger charge is -2.14. The molecule has 0 saturated carbocycles. The van der Waals surface area contributed by atoms with E-state index < -0.39 is 0 Å². The Morgan fingerprint density at radius 3 is 2.31 bits per heavy atom. The Morgan fingerprint density at radius 1 is 0.897 bits per heavy atom. The molecule has 0 aromatic heterocycles. The van der Waals surface area contributed by atoms with Gasteiger partial charge in [-0.05, 0) is 61.5 Å². The predicted molar refractivity (Wildman–Crippen MR) is 122 cm³/mol. The number of anilines is 1. The average molecular weight is 415 g/mol. The van der Waals surface area contributed by atoms with Crippen LogP contribution >= 0.6 is 12.2 Å². The molecule has 0 aliphatic heterocycles. The van der Waals surface area contributed by atoms with Crippen molar-refractivity contribution in [3.8, 4) is 11.5 Å². The highest BCUT2D eigenvalue weighted by molar-refractivity contribution is 7.80. The number of ether oxygens (including phenoxy) is 2. The molecule has 29 heavy (non-hydrogen) atoms. The molecule has 2 rings (SSSR count). The van der Waals surface area contributed by atoms with Gasteiger partial charge in [0.15, 0.2) is 5.11 Å². The molecule has 6 heteroatoms. The first-order valence-corrected chi connectivity index (χ1v) is 10.6. The third-order valence-electron chi connectivity index (χ3n) is 4.25. The summed E-state index contributed by atoms with van der Waals surface area (Å²) < 4.78 is 11.5. The van der Waals surface area contributed by atoms with Crippen LogP contribution in [0.25, 0.3) is 0 Å². The van der Waals surface area contributed by atoms with Gasteiger partial charge in [-0.3, -0.25) is 10.1 Å². The second kappa shape index (κ2) is 12.8. The van der Waals surface area contributed by atoms with Gasteiger partial charge >= 0.3 is 0 Å². The molecular formula is C23H30N2O3S. The standard InChI is InChI=1S/C23H30N2O3S/c1-3-5-9-17-27-19-14-12-18(13-15-19)22(26)25-23(29)24-20-10-7-8-11-21(20)28-16-6-4-2/h7-8,10-15H,3-6,9,16-17H2,1-2H3,(H2,24,25,26,29). The van der Waals surface area contributed by atoms with E-state index in [-0.39, 0.29) is 11.0 Å². The van der Waals surface area contributed by atoms with Gasteiger partial charge in [-0.2, -0.15) is 0 Å². The largest absolute Gasteiger partial charge is 0.494 e. The SMILES string of the molecule is CCCCCOc1ccc(C(=O)NC(=S)Nc2ccccc2OCCCC)cc1. The topological polar surface area (TPSA) is 59.6 Å². The smallest absolute Gasteiger partial charge is 0.257 e. The molecule has 5 nitrogen and oxygen atoms in total. The van der Waals surface area contributed by atoms with Crippen molar-refractivity contribution in [1.82, 2.24) is 5.32 Å². The average Bonchev–Trinajstić information content (AvgIpc) is 2.73. The van der Waals surface area contributed by atoms with Crippen molar-refractivity contribution in [1.29, 1.82) is 0 Å². The number of unbranched alkanes of at least 4 members (excludes halogenated alkanes) is 3. The highest BCUT2D eigenvalue weighted by Crippen LogP contribution is 2.24. The normalized spacial score (nSPS) is 10.3. The van der Waals surface area contributed by atoms with E-state index in [4.69, 9.17) is 21.7 Å². The molecule has 0 atom stereocenters. The number of carbonyl (C=O) groups is 1. The fourth-order valence-electron chi connectivity index (χ4n) is 2.60. The van der Waals surface area contributed by atoms with Gasteiger partial charge in [0.2, 0.25) is 0 Å². The van der Waals surface area contributed by atoms with Crippen LogP contribution in [0, 0.1) is 0 Å². The molecule has 2 aromatic rings. The first kappa shape index (κ1) is 22.7. The fraction of sp³-hybridized carbons (Fsp3) is 0.391. The molecule has 0 fully saturated rings. The summed E-state index contributed by atoms with van der Waals surface area (Å²) in [5, 5.41) is 5.97. The Bertz CT molecular complexity index is 778. The molecule has 0 bridgehead atoms. The quantitative estimate of drug-likeness (QED) is 0.372. The Morgan fingerprint density at radius 2 is 1.59 bits per heavy atom. The summed E-state index contributed by atoms with van der Waals surface area (Å²) in [6.45, 7) is 5.60.